The maximum atomic E-state index is 13.3. The Hall–Kier alpha value is -3.10. The molecule has 0 aliphatic carbocycles. The molecule has 0 saturated carbocycles. The summed E-state index contributed by atoms with van der Waals surface area (Å²) in [5.74, 6) is -1.82. The molecule has 216 valence electrons. The first-order chi connectivity index (χ1) is 19.5. The van der Waals surface area contributed by atoms with Crippen LogP contribution in [0.5, 0.6) is 0 Å². The molecule has 0 fully saturated rings. The fourth-order valence-corrected chi connectivity index (χ4v) is 5.71. The van der Waals surface area contributed by atoms with Crippen molar-refractivity contribution in [2.75, 3.05) is 13.1 Å². The van der Waals surface area contributed by atoms with Crippen LogP contribution in [0.2, 0.25) is 0 Å². The molecule has 0 spiro atoms. The maximum Gasteiger partial charge on any atom is 0.275 e. The monoisotopic (exact) mass is 548 g/mol. The standard InChI is InChI=1S/C32H44N4O4/c1-3-5-7-9-11-13-15-21-33-35-29(37)23-17-19-25-28-26(20-18-24(27(23)28)30(35)38)32(40)36(31(25)39)34-22-16-14-12-10-8-6-4-2/h17-20,33-34H,3-16,21-22H2,1-2H3. The molecule has 0 unspecified atom stereocenters. The van der Waals surface area contributed by atoms with E-state index >= 15 is 0 Å². The Balaban J connectivity index is 1.41. The lowest BCUT2D eigenvalue weighted by molar-refractivity contribution is 0.0499. The van der Waals surface area contributed by atoms with Gasteiger partial charge in [0.1, 0.15) is 0 Å². The molecule has 2 aromatic carbocycles. The summed E-state index contributed by atoms with van der Waals surface area (Å²) in [7, 11) is 0. The zero-order chi connectivity index (χ0) is 28.5. The van der Waals surface area contributed by atoms with Gasteiger partial charge in [-0.25, -0.2) is 20.9 Å². The van der Waals surface area contributed by atoms with Crippen LogP contribution in [-0.4, -0.2) is 46.7 Å². The van der Waals surface area contributed by atoms with E-state index in [1.54, 1.807) is 24.3 Å². The van der Waals surface area contributed by atoms with Crippen molar-refractivity contribution in [1.29, 1.82) is 0 Å². The number of unbranched alkanes of at least 4 members (excludes halogenated alkanes) is 12. The number of amides is 4. The molecule has 0 saturated heterocycles. The van der Waals surface area contributed by atoms with E-state index in [0.29, 0.717) is 46.1 Å². The summed E-state index contributed by atoms with van der Waals surface area (Å²) in [6.45, 7) is 5.44. The van der Waals surface area contributed by atoms with Gasteiger partial charge in [0.2, 0.25) is 0 Å². The zero-order valence-electron chi connectivity index (χ0n) is 24.2. The topological polar surface area (TPSA) is 98.8 Å². The SMILES string of the molecule is CCCCCCCCCNN1C(=O)c2ccc3c4c(ccc(c24)C1=O)C(=O)N(NCCCCCCCCC)C3=O. The normalized spacial score (nSPS) is 14.7. The second-order valence-electron chi connectivity index (χ2n) is 11.0. The number of hydrazine groups is 2. The van der Waals surface area contributed by atoms with Crippen molar-refractivity contribution >= 4 is 34.4 Å². The summed E-state index contributed by atoms with van der Waals surface area (Å²) in [6.07, 6.45) is 16.0. The van der Waals surface area contributed by atoms with Crippen molar-refractivity contribution < 1.29 is 19.2 Å². The molecule has 0 aromatic heterocycles. The third-order valence-corrected chi connectivity index (χ3v) is 8.00. The molecule has 2 aliphatic heterocycles. The van der Waals surface area contributed by atoms with Crippen LogP contribution in [0.25, 0.3) is 10.8 Å². The van der Waals surface area contributed by atoms with Gasteiger partial charge in [-0.2, -0.15) is 0 Å². The van der Waals surface area contributed by atoms with Crippen molar-refractivity contribution in [3.8, 4) is 0 Å². The minimum absolute atomic E-state index is 0.326. The van der Waals surface area contributed by atoms with Crippen LogP contribution in [-0.2, 0) is 0 Å². The second kappa shape index (κ2) is 14.5. The Kier molecular flexibility index (Phi) is 10.8. The summed E-state index contributed by atoms with van der Waals surface area (Å²) in [5, 5.41) is 2.96. The van der Waals surface area contributed by atoms with Gasteiger partial charge < -0.3 is 0 Å². The predicted octanol–water partition coefficient (Wildman–Crippen LogP) is 6.54. The molecule has 4 rings (SSSR count). The molecule has 2 N–H and O–H groups in total. The highest BCUT2D eigenvalue weighted by atomic mass is 16.2. The molecule has 40 heavy (non-hydrogen) atoms. The summed E-state index contributed by atoms with van der Waals surface area (Å²) in [6, 6.07) is 6.41. The van der Waals surface area contributed by atoms with Crippen LogP contribution >= 0.6 is 0 Å². The summed E-state index contributed by atoms with van der Waals surface area (Å²) in [4.78, 5) is 53.4. The van der Waals surface area contributed by atoms with Crippen LogP contribution in [0.3, 0.4) is 0 Å². The van der Waals surface area contributed by atoms with E-state index in [9.17, 15) is 19.2 Å². The number of nitrogens with one attached hydrogen (secondary N) is 2. The van der Waals surface area contributed by atoms with Gasteiger partial charge in [0, 0.05) is 23.9 Å². The van der Waals surface area contributed by atoms with Gasteiger partial charge in [0.25, 0.3) is 23.6 Å². The van der Waals surface area contributed by atoms with Crippen LogP contribution in [0.4, 0.5) is 0 Å². The average Bonchev–Trinajstić information content (AvgIpc) is 2.96. The second-order valence-corrected chi connectivity index (χ2v) is 11.0. The molecule has 4 amide bonds. The lowest BCUT2D eigenvalue weighted by atomic mass is 9.86. The number of rotatable bonds is 18. The van der Waals surface area contributed by atoms with E-state index in [0.717, 1.165) is 48.5 Å². The van der Waals surface area contributed by atoms with Crippen LogP contribution in [0.1, 0.15) is 145 Å². The molecule has 0 bridgehead atoms. The van der Waals surface area contributed by atoms with E-state index in [2.05, 4.69) is 24.7 Å². The molecular formula is C32H44N4O4. The zero-order valence-corrected chi connectivity index (χ0v) is 24.2. The number of carbonyl (C=O) groups is 4. The molecule has 2 aromatic rings. The Bertz CT molecular complexity index is 1080. The summed E-state index contributed by atoms with van der Waals surface area (Å²) >= 11 is 0. The number of hydrogen-bond donors (Lipinski definition) is 2. The molecule has 0 atom stereocenters. The molecule has 0 radical (unpaired) electrons. The Morgan fingerprint density at radius 2 is 0.725 bits per heavy atom. The van der Waals surface area contributed by atoms with Gasteiger partial charge in [-0.3, -0.25) is 19.2 Å². The molecular weight excluding hydrogens is 504 g/mol. The van der Waals surface area contributed by atoms with Crippen molar-refractivity contribution in [3.05, 3.63) is 46.5 Å². The van der Waals surface area contributed by atoms with Gasteiger partial charge in [-0.1, -0.05) is 90.9 Å². The third kappa shape index (κ3) is 6.44. The smallest absolute Gasteiger partial charge is 0.267 e. The largest absolute Gasteiger partial charge is 0.275 e. The van der Waals surface area contributed by atoms with Gasteiger partial charge in [0.05, 0.1) is 22.3 Å². The van der Waals surface area contributed by atoms with Gasteiger partial charge in [0.15, 0.2) is 0 Å². The summed E-state index contributed by atoms with van der Waals surface area (Å²) in [5.41, 5.74) is 7.34. The highest BCUT2D eigenvalue weighted by Gasteiger charge is 2.39. The van der Waals surface area contributed by atoms with Crippen molar-refractivity contribution in [3.63, 3.8) is 0 Å². The maximum absolute atomic E-state index is 13.3. The molecule has 2 aliphatic rings. The van der Waals surface area contributed by atoms with E-state index in [4.69, 9.17) is 0 Å². The quantitative estimate of drug-likeness (QED) is 0.162. The fourth-order valence-electron chi connectivity index (χ4n) is 5.71. The molecule has 2 heterocycles. The van der Waals surface area contributed by atoms with Gasteiger partial charge >= 0.3 is 0 Å². The number of imide groups is 2. The first kappa shape index (κ1) is 29.9. The van der Waals surface area contributed by atoms with Crippen molar-refractivity contribution in [2.24, 2.45) is 0 Å². The highest BCUT2D eigenvalue weighted by Crippen LogP contribution is 2.37. The van der Waals surface area contributed by atoms with E-state index in [-0.39, 0.29) is 0 Å². The van der Waals surface area contributed by atoms with Crippen molar-refractivity contribution in [2.45, 2.75) is 104 Å². The van der Waals surface area contributed by atoms with Gasteiger partial charge in [-0.15, -0.1) is 0 Å². The lowest BCUT2D eigenvalue weighted by Gasteiger charge is -2.32. The minimum Gasteiger partial charge on any atom is -0.267 e. The van der Waals surface area contributed by atoms with E-state index < -0.39 is 23.6 Å². The van der Waals surface area contributed by atoms with Crippen LogP contribution in [0.15, 0.2) is 24.3 Å². The average molecular weight is 549 g/mol. The number of benzene rings is 2. The van der Waals surface area contributed by atoms with Crippen LogP contribution in [0, 0.1) is 0 Å². The first-order valence-electron chi connectivity index (χ1n) is 15.4. The summed E-state index contributed by atoms with van der Waals surface area (Å²) < 4.78 is 0. The number of hydrogen-bond acceptors (Lipinski definition) is 6. The molecule has 8 nitrogen and oxygen atoms in total. The first-order valence-corrected chi connectivity index (χ1v) is 15.4. The van der Waals surface area contributed by atoms with Crippen LogP contribution < -0.4 is 10.9 Å². The number of carbonyl (C=O) groups excluding carboxylic acids is 4. The molecule has 8 heteroatoms. The Labute approximate surface area is 237 Å². The fraction of sp³-hybridized carbons (Fsp3) is 0.562. The van der Waals surface area contributed by atoms with Crippen molar-refractivity contribution in [1.82, 2.24) is 20.9 Å². The lowest BCUT2D eigenvalue weighted by Crippen LogP contribution is -2.51. The highest BCUT2D eigenvalue weighted by molar-refractivity contribution is 6.33. The predicted molar refractivity (Wildman–Crippen MR) is 157 cm³/mol. The van der Waals surface area contributed by atoms with Gasteiger partial charge in [-0.05, 0) is 37.1 Å². The number of nitrogens with zero attached hydrogens (tertiary/aromatic N) is 2. The Morgan fingerprint density at radius 1 is 0.450 bits per heavy atom. The Morgan fingerprint density at radius 3 is 1.02 bits per heavy atom. The minimum atomic E-state index is -0.455. The third-order valence-electron chi connectivity index (χ3n) is 8.00. The van der Waals surface area contributed by atoms with E-state index in [1.165, 1.54) is 51.4 Å². The van der Waals surface area contributed by atoms with E-state index in [1.807, 2.05) is 0 Å².